The minimum absolute atomic E-state index is 0.411. The average molecular weight is 371 g/mol. The zero-order valence-electron chi connectivity index (χ0n) is 15.3. The highest BCUT2D eigenvalue weighted by molar-refractivity contribution is 7.89. The molecule has 0 N–H and O–H groups in total. The molecule has 1 aliphatic heterocycles. The van der Waals surface area contributed by atoms with Gasteiger partial charge in [-0.3, -0.25) is 4.90 Å². The molecule has 2 aromatic carbocycles. The molecule has 4 rings (SSSR count). The van der Waals surface area contributed by atoms with E-state index in [9.17, 15) is 8.42 Å². The van der Waals surface area contributed by atoms with Crippen molar-refractivity contribution >= 4 is 10.0 Å². The van der Waals surface area contributed by atoms with Gasteiger partial charge in [0.05, 0.1) is 4.90 Å². The highest BCUT2D eigenvalue weighted by Gasteiger charge is 2.33. The summed E-state index contributed by atoms with van der Waals surface area (Å²) < 4.78 is 27.5. The summed E-state index contributed by atoms with van der Waals surface area (Å²) in [5.41, 5.74) is 4.04. The van der Waals surface area contributed by atoms with Gasteiger partial charge in [-0.1, -0.05) is 43.3 Å². The van der Waals surface area contributed by atoms with E-state index in [0.717, 1.165) is 37.9 Å². The molecular formula is C21H26N2O2S. The summed E-state index contributed by atoms with van der Waals surface area (Å²) in [6, 6.07) is 16.4. The van der Waals surface area contributed by atoms with Crippen molar-refractivity contribution in [1.29, 1.82) is 0 Å². The summed E-state index contributed by atoms with van der Waals surface area (Å²) in [7, 11) is -3.39. The Morgan fingerprint density at radius 1 is 0.962 bits per heavy atom. The van der Waals surface area contributed by atoms with Crippen LogP contribution in [0.4, 0.5) is 0 Å². The van der Waals surface area contributed by atoms with Gasteiger partial charge in [0.2, 0.25) is 10.0 Å². The molecule has 1 unspecified atom stereocenters. The lowest BCUT2D eigenvalue weighted by molar-refractivity contribution is 0.137. The van der Waals surface area contributed by atoms with E-state index in [0.29, 0.717) is 24.0 Å². The molecular weight excluding hydrogens is 344 g/mol. The monoisotopic (exact) mass is 370 g/mol. The molecule has 1 fully saturated rings. The molecule has 5 heteroatoms. The highest BCUT2D eigenvalue weighted by Crippen LogP contribution is 2.36. The molecule has 2 aromatic rings. The summed E-state index contributed by atoms with van der Waals surface area (Å²) in [6.07, 6.45) is 3.19. The third-order valence-corrected chi connectivity index (χ3v) is 7.70. The second-order valence-corrected chi connectivity index (χ2v) is 9.13. The van der Waals surface area contributed by atoms with Crippen molar-refractivity contribution in [2.75, 3.05) is 26.2 Å². The summed E-state index contributed by atoms with van der Waals surface area (Å²) >= 11 is 0. The van der Waals surface area contributed by atoms with Crippen LogP contribution in [0.1, 0.15) is 36.1 Å². The van der Waals surface area contributed by atoms with Crippen LogP contribution in [0.5, 0.6) is 0 Å². The van der Waals surface area contributed by atoms with E-state index >= 15 is 0 Å². The maximum atomic E-state index is 12.9. The largest absolute Gasteiger partial charge is 0.294 e. The Balaban J connectivity index is 1.45. The molecule has 2 aliphatic rings. The summed E-state index contributed by atoms with van der Waals surface area (Å²) in [6.45, 7) is 4.80. The smallest absolute Gasteiger partial charge is 0.243 e. The van der Waals surface area contributed by atoms with Gasteiger partial charge in [-0.05, 0) is 48.1 Å². The number of piperazine rings is 1. The summed E-state index contributed by atoms with van der Waals surface area (Å²) in [5.74, 6) is 0. The maximum absolute atomic E-state index is 12.9. The van der Waals surface area contributed by atoms with Crippen LogP contribution in [0.3, 0.4) is 0 Å². The lowest BCUT2D eigenvalue weighted by Gasteiger charge is -2.37. The Morgan fingerprint density at radius 3 is 2.35 bits per heavy atom. The van der Waals surface area contributed by atoms with Gasteiger partial charge in [0, 0.05) is 32.2 Å². The molecule has 0 saturated carbocycles. The minimum atomic E-state index is -3.39. The number of fused-ring (bicyclic) bond motifs is 1. The van der Waals surface area contributed by atoms with E-state index in [1.807, 2.05) is 12.1 Å². The Morgan fingerprint density at radius 2 is 1.65 bits per heavy atom. The van der Waals surface area contributed by atoms with Gasteiger partial charge in [-0.2, -0.15) is 4.31 Å². The Labute approximate surface area is 156 Å². The van der Waals surface area contributed by atoms with Gasteiger partial charge < -0.3 is 0 Å². The molecule has 138 valence electrons. The van der Waals surface area contributed by atoms with Gasteiger partial charge in [0.1, 0.15) is 0 Å². The van der Waals surface area contributed by atoms with E-state index in [-0.39, 0.29) is 0 Å². The van der Waals surface area contributed by atoms with Crippen molar-refractivity contribution in [2.24, 2.45) is 0 Å². The first-order valence-corrected chi connectivity index (χ1v) is 10.9. The predicted octanol–water partition coefficient (Wildman–Crippen LogP) is 3.24. The minimum Gasteiger partial charge on any atom is -0.294 e. The lowest BCUT2D eigenvalue weighted by atomic mass is 10.1. The summed E-state index contributed by atoms with van der Waals surface area (Å²) in [4.78, 5) is 2.87. The number of nitrogens with zero attached hydrogens (tertiary/aromatic N) is 2. The number of aryl methyl sites for hydroxylation is 2. The topological polar surface area (TPSA) is 40.6 Å². The fourth-order valence-electron chi connectivity index (χ4n) is 4.22. The van der Waals surface area contributed by atoms with Crippen LogP contribution in [0.15, 0.2) is 53.4 Å². The van der Waals surface area contributed by atoms with Gasteiger partial charge in [-0.25, -0.2) is 8.42 Å². The van der Waals surface area contributed by atoms with Crippen LogP contribution in [-0.2, 0) is 22.9 Å². The van der Waals surface area contributed by atoms with Crippen LogP contribution in [0.25, 0.3) is 0 Å². The number of sulfonamides is 1. The number of hydrogen-bond acceptors (Lipinski definition) is 3. The Hall–Kier alpha value is -1.69. The molecule has 0 amide bonds. The van der Waals surface area contributed by atoms with Crippen LogP contribution in [0.2, 0.25) is 0 Å². The fourth-order valence-corrected chi connectivity index (χ4v) is 5.64. The van der Waals surface area contributed by atoms with Gasteiger partial charge in [0.25, 0.3) is 0 Å². The van der Waals surface area contributed by atoms with Crippen LogP contribution < -0.4 is 0 Å². The maximum Gasteiger partial charge on any atom is 0.243 e. The number of rotatable bonds is 4. The first kappa shape index (κ1) is 17.7. The highest BCUT2D eigenvalue weighted by atomic mass is 32.2. The quantitative estimate of drug-likeness (QED) is 0.830. The van der Waals surface area contributed by atoms with E-state index in [1.54, 1.807) is 16.4 Å². The zero-order valence-corrected chi connectivity index (χ0v) is 16.1. The third-order valence-electron chi connectivity index (χ3n) is 5.78. The first-order valence-electron chi connectivity index (χ1n) is 9.50. The van der Waals surface area contributed by atoms with E-state index in [1.165, 1.54) is 11.1 Å². The molecule has 4 nitrogen and oxygen atoms in total. The van der Waals surface area contributed by atoms with E-state index < -0.39 is 10.0 Å². The lowest BCUT2D eigenvalue weighted by Crippen LogP contribution is -2.49. The van der Waals surface area contributed by atoms with Crippen LogP contribution in [0, 0.1) is 0 Å². The molecule has 0 radical (unpaired) electrons. The van der Waals surface area contributed by atoms with Crippen molar-refractivity contribution in [1.82, 2.24) is 9.21 Å². The molecule has 0 aromatic heterocycles. The molecule has 1 saturated heterocycles. The molecule has 26 heavy (non-hydrogen) atoms. The standard InChI is InChI=1S/C21H26N2O2S/c1-2-17-7-10-19(11-8-17)26(24,25)23-15-13-22(14-16-23)21-12-9-18-5-3-4-6-20(18)21/h3-8,10-11,21H,2,9,12-16H2,1H3. The van der Waals surface area contributed by atoms with Crippen LogP contribution in [-0.4, -0.2) is 43.8 Å². The van der Waals surface area contributed by atoms with Crippen molar-refractivity contribution in [2.45, 2.75) is 37.1 Å². The first-order chi connectivity index (χ1) is 12.6. The Bertz CT molecular complexity index is 869. The third kappa shape index (κ3) is 3.20. The molecule has 0 bridgehead atoms. The second kappa shape index (κ2) is 7.14. The number of hydrogen-bond donors (Lipinski definition) is 0. The van der Waals surface area contributed by atoms with E-state index in [2.05, 4.69) is 36.1 Å². The fraction of sp³-hybridized carbons (Fsp3) is 0.429. The van der Waals surface area contributed by atoms with E-state index in [4.69, 9.17) is 0 Å². The molecule has 1 aliphatic carbocycles. The normalized spacial score (nSPS) is 21.7. The second-order valence-electron chi connectivity index (χ2n) is 7.19. The average Bonchev–Trinajstić information content (AvgIpc) is 3.12. The van der Waals surface area contributed by atoms with Crippen molar-refractivity contribution < 1.29 is 8.42 Å². The van der Waals surface area contributed by atoms with Gasteiger partial charge in [-0.15, -0.1) is 0 Å². The Kier molecular flexibility index (Phi) is 4.86. The van der Waals surface area contributed by atoms with Crippen molar-refractivity contribution in [3.8, 4) is 0 Å². The van der Waals surface area contributed by atoms with Crippen molar-refractivity contribution in [3.05, 3.63) is 65.2 Å². The zero-order chi connectivity index (χ0) is 18.1. The van der Waals surface area contributed by atoms with Gasteiger partial charge in [0.15, 0.2) is 0 Å². The van der Waals surface area contributed by atoms with Crippen molar-refractivity contribution in [3.63, 3.8) is 0 Å². The van der Waals surface area contributed by atoms with Crippen LogP contribution >= 0.6 is 0 Å². The predicted molar refractivity (Wildman–Crippen MR) is 104 cm³/mol. The number of benzene rings is 2. The molecule has 1 heterocycles. The van der Waals surface area contributed by atoms with Gasteiger partial charge >= 0.3 is 0 Å². The summed E-state index contributed by atoms with van der Waals surface area (Å²) in [5, 5.41) is 0. The molecule has 1 atom stereocenters. The SMILES string of the molecule is CCc1ccc(S(=O)(=O)N2CCN(C3CCc4ccccc43)CC2)cc1. The molecule has 0 spiro atoms.